The molecule has 1 fully saturated rings. The van der Waals surface area contributed by atoms with Crippen LogP contribution in [0.15, 0.2) is 36.8 Å². The third-order valence-electron chi connectivity index (χ3n) is 6.50. The number of nitrogens with one attached hydrogen (secondary N) is 2. The summed E-state index contributed by atoms with van der Waals surface area (Å²) in [5.41, 5.74) is 2.83. The monoisotopic (exact) mass is 584 g/mol. The average Bonchev–Trinajstić information content (AvgIpc) is 3.53. The number of thiophene rings is 1. The number of benzene rings is 1. The molecule has 1 saturated carbocycles. The predicted octanol–water partition coefficient (Wildman–Crippen LogP) is 3.64. The Hall–Kier alpha value is -2.16. The number of fused-ring (bicyclic) bond motifs is 1. The Morgan fingerprint density at radius 3 is 2.81 bits per heavy atom. The van der Waals surface area contributed by atoms with Gasteiger partial charge in [0.1, 0.15) is 18.2 Å². The van der Waals surface area contributed by atoms with E-state index in [9.17, 15) is 18.3 Å². The van der Waals surface area contributed by atoms with Gasteiger partial charge in [-0.25, -0.2) is 9.97 Å². The van der Waals surface area contributed by atoms with Crippen LogP contribution in [0.5, 0.6) is 0 Å². The third kappa shape index (κ3) is 5.81. The van der Waals surface area contributed by atoms with E-state index in [2.05, 4.69) is 15.3 Å². The Morgan fingerprint density at radius 1 is 1.22 bits per heavy atom. The van der Waals surface area contributed by atoms with Crippen LogP contribution in [0.1, 0.15) is 50.9 Å². The number of rotatable bonds is 8. The normalized spacial score (nSPS) is 23.2. The Kier molecular flexibility index (Phi) is 7.53. The van der Waals surface area contributed by atoms with Crippen molar-refractivity contribution in [2.45, 2.75) is 37.7 Å². The van der Waals surface area contributed by atoms with Crippen molar-refractivity contribution in [2.75, 3.05) is 11.9 Å². The van der Waals surface area contributed by atoms with Crippen molar-refractivity contribution in [1.82, 2.24) is 14.7 Å². The quantitative estimate of drug-likeness (QED) is 0.230. The lowest BCUT2D eigenvalue weighted by molar-refractivity contribution is 0.0941. The first-order chi connectivity index (χ1) is 17.6. The number of aliphatic hydroxyl groups excluding tert-OH is 1. The van der Waals surface area contributed by atoms with Gasteiger partial charge in [-0.05, 0) is 42.2 Å². The van der Waals surface area contributed by atoms with Crippen molar-refractivity contribution in [3.8, 4) is 0 Å². The van der Waals surface area contributed by atoms with Gasteiger partial charge >= 0.3 is 10.3 Å². The van der Waals surface area contributed by atoms with E-state index in [-0.39, 0.29) is 23.9 Å². The molecule has 0 saturated heterocycles. The molecule has 4 N–H and O–H groups in total. The first-order valence-corrected chi connectivity index (χ1v) is 14.3. The second kappa shape index (κ2) is 10.5. The molecule has 5 rings (SSSR count). The molecule has 1 aliphatic heterocycles. The number of hydrogen-bond donors (Lipinski definition) is 4. The lowest BCUT2D eigenvalue weighted by Crippen LogP contribution is -2.32. The molecule has 0 amide bonds. The highest BCUT2D eigenvalue weighted by Gasteiger charge is 2.35. The van der Waals surface area contributed by atoms with E-state index in [1.807, 2.05) is 16.9 Å². The van der Waals surface area contributed by atoms with Gasteiger partial charge in [-0.1, -0.05) is 29.3 Å². The van der Waals surface area contributed by atoms with Crippen molar-refractivity contribution in [3.05, 3.63) is 73.3 Å². The van der Waals surface area contributed by atoms with E-state index in [0.717, 1.165) is 22.5 Å². The second-order valence-electron chi connectivity index (χ2n) is 8.95. The van der Waals surface area contributed by atoms with Gasteiger partial charge in [0.25, 0.3) is 0 Å². The molecule has 0 radical (unpaired) electrons. The molecule has 1 aliphatic carbocycles. The van der Waals surface area contributed by atoms with E-state index in [0.29, 0.717) is 45.1 Å². The van der Waals surface area contributed by atoms with E-state index in [1.54, 1.807) is 12.1 Å². The van der Waals surface area contributed by atoms with Crippen LogP contribution in [0.25, 0.3) is 0 Å². The zero-order valence-electron chi connectivity index (χ0n) is 19.1. The number of ether oxygens (including phenoxy) is 1. The minimum absolute atomic E-state index is 0.109. The smallest absolute Gasteiger partial charge is 0.333 e. The molecule has 37 heavy (non-hydrogen) atoms. The van der Waals surface area contributed by atoms with Crippen molar-refractivity contribution in [1.29, 1.82) is 0 Å². The maximum absolute atomic E-state index is 13.5. The Labute approximate surface area is 226 Å². The van der Waals surface area contributed by atoms with Crippen LogP contribution in [-0.4, -0.2) is 52.5 Å². The number of aromatic nitrogens is 2. The Morgan fingerprint density at radius 2 is 2.03 bits per heavy atom. The van der Waals surface area contributed by atoms with Crippen LogP contribution in [-0.2, 0) is 21.6 Å². The summed E-state index contributed by atoms with van der Waals surface area (Å²) in [6.07, 6.45) is 2.20. The SMILES string of the molecule is O=C(c1cc([C@@H]2OCc3ccc(Cl)cc32)c(Cl)s1)c1cncnc1N[C@@H]1C[C@H](CNS(=O)(=O)O)[C@@H](O)C1. The average molecular weight is 585 g/mol. The number of ketones is 1. The number of nitrogens with zero attached hydrogens (tertiary/aromatic N) is 2. The van der Waals surface area contributed by atoms with Crippen LogP contribution < -0.4 is 10.0 Å². The van der Waals surface area contributed by atoms with E-state index < -0.39 is 28.4 Å². The summed E-state index contributed by atoms with van der Waals surface area (Å²) in [6.45, 7) is 0.309. The zero-order valence-corrected chi connectivity index (χ0v) is 22.2. The molecule has 0 unspecified atom stereocenters. The summed E-state index contributed by atoms with van der Waals surface area (Å²) in [6, 6.07) is 6.98. The highest BCUT2D eigenvalue weighted by molar-refractivity contribution is 7.83. The van der Waals surface area contributed by atoms with Crippen LogP contribution >= 0.6 is 34.5 Å². The molecular formula is C23H22Cl2N4O6S2. The molecule has 4 atom stereocenters. The largest absolute Gasteiger partial charge is 0.393 e. The van der Waals surface area contributed by atoms with Crippen LogP contribution in [0.3, 0.4) is 0 Å². The zero-order chi connectivity index (χ0) is 26.3. The van der Waals surface area contributed by atoms with Crippen molar-refractivity contribution >= 4 is 56.4 Å². The fraction of sp³-hybridized carbons (Fsp3) is 0.348. The molecule has 2 aliphatic rings. The molecule has 3 aromatic rings. The van der Waals surface area contributed by atoms with Crippen LogP contribution in [0.2, 0.25) is 9.36 Å². The Bertz CT molecular complexity index is 1450. The van der Waals surface area contributed by atoms with Crippen LogP contribution in [0.4, 0.5) is 5.82 Å². The van der Waals surface area contributed by atoms with Crippen LogP contribution in [0, 0.1) is 5.92 Å². The van der Waals surface area contributed by atoms with E-state index >= 15 is 0 Å². The summed E-state index contributed by atoms with van der Waals surface area (Å²) in [5, 5.41) is 14.1. The molecule has 14 heteroatoms. The fourth-order valence-corrected chi connectivity index (χ4v) is 6.60. The highest BCUT2D eigenvalue weighted by atomic mass is 35.5. The van der Waals surface area contributed by atoms with Crippen molar-refractivity contribution in [2.24, 2.45) is 5.92 Å². The number of carbonyl (C=O) groups is 1. The minimum Gasteiger partial charge on any atom is -0.393 e. The summed E-state index contributed by atoms with van der Waals surface area (Å²) in [4.78, 5) is 22.1. The maximum Gasteiger partial charge on any atom is 0.333 e. The maximum atomic E-state index is 13.5. The van der Waals surface area contributed by atoms with Gasteiger partial charge in [0.2, 0.25) is 5.78 Å². The van der Waals surface area contributed by atoms with Gasteiger partial charge in [0.15, 0.2) is 0 Å². The molecule has 10 nitrogen and oxygen atoms in total. The Balaban J connectivity index is 1.34. The fourth-order valence-electron chi connectivity index (χ4n) is 4.72. The van der Waals surface area contributed by atoms with Gasteiger partial charge in [0.05, 0.1) is 27.5 Å². The summed E-state index contributed by atoms with van der Waals surface area (Å²) in [5.74, 6) is -0.448. The van der Waals surface area contributed by atoms with E-state index in [4.69, 9.17) is 32.5 Å². The van der Waals surface area contributed by atoms with Gasteiger partial charge in [-0.15, -0.1) is 11.3 Å². The lowest BCUT2D eigenvalue weighted by Gasteiger charge is -2.15. The van der Waals surface area contributed by atoms with Gasteiger partial charge in [0, 0.05) is 35.3 Å². The molecule has 1 aromatic carbocycles. The summed E-state index contributed by atoms with van der Waals surface area (Å²) >= 11 is 13.9. The molecule has 196 valence electrons. The van der Waals surface area contributed by atoms with Crippen molar-refractivity contribution < 1.29 is 27.6 Å². The molecule has 0 bridgehead atoms. The predicted molar refractivity (Wildman–Crippen MR) is 139 cm³/mol. The number of aliphatic hydroxyl groups is 1. The number of carbonyl (C=O) groups excluding carboxylic acids is 1. The summed E-state index contributed by atoms with van der Waals surface area (Å²) in [7, 11) is -4.36. The highest BCUT2D eigenvalue weighted by Crippen LogP contribution is 2.43. The summed E-state index contributed by atoms with van der Waals surface area (Å²) < 4.78 is 39.2. The second-order valence-corrected chi connectivity index (χ2v) is 12.3. The third-order valence-corrected chi connectivity index (χ3v) is 8.65. The standard InChI is InChI=1S/C23H22Cl2N4O6S2/c24-13-2-1-11-9-35-21(15(11)4-13)16-6-19(36-22(16)25)20(31)17-8-26-10-27-23(17)29-14-3-12(18(30)5-14)7-28-37(32,33)34/h1-2,4,6,8,10,12,14,18,21,28,30H,3,5,7,9H2,(H,26,27,29)(H,32,33,34)/t12-,14-,18+,21-/m1/s1. The molecule has 2 aromatic heterocycles. The van der Waals surface area contributed by atoms with Crippen molar-refractivity contribution in [3.63, 3.8) is 0 Å². The lowest BCUT2D eigenvalue weighted by atomic mass is 10.0. The number of hydrogen-bond acceptors (Lipinski definition) is 9. The topological polar surface area (TPSA) is 151 Å². The number of anilines is 1. The molecular weight excluding hydrogens is 563 g/mol. The van der Waals surface area contributed by atoms with Gasteiger partial charge in [-0.3, -0.25) is 9.35 Å². The molecule has 3 heterocycles. The first kappa shape index (κ1) is 26.4. The molecule has 0 spiro atoms. The van der Waals surface area contributed by atoms with Gasteiger partial charge < -0.3 is 15.2 Å². The van der Waals surface area contributed by atoms with E-state index in [1.165, 1.54) is 12.5 Å². The number of halogens is 2. The first-order valence-electron chi connectivity index (χ1n) is 11.3. The van der Waals surface area contributed by atoms with Gasteiger partial charge in [-0.2, -0.15) is 13.1 Å². The minimum atomic E-state index is -4.36.